The number of unbranched alkanes of at least 4 members (excludes halogenated alkanes) is 2. The molecule has 30 heavy (non-hydrogen) atoms. The van der Waals surface area contributed by atoms with Gasteiger partial charge < -0.3 is 14.9 Å². The summed E-state index contributed by atoms with van der Waals surface area (Å²) in [5.74, 6) is 7.26. The van der Waals surface area contributed by atoms with Gasteiger partial charge in [-0.05, 0) is 63.3 Å². The Kier molecular flexibility index (Phi) is 9.46. The third-order valence-electron chi connectivity index (χ3n) is 7.24. The van der Waals surface area contributed by atoms with Crippen LogP contribution in [0.3, 0.4) is 0 Å². The van der Waals surface area contributed by atoms with E-state index < -0.39 is 6.10 Å². The summed E-state index contributed by atoms with van der Waals surface area (Å²) in [7, 11) is 0. The van der Waals surface area contributed by atoms with E-state index in [1.54, 1.807) is 5.57 Å². The SMILES string of the molecule is CC#CC[C@@H](C)[C@H](O)/C=C/[C@@H]1[C@H]2CC(CCCCCN3CCOCC3)=C[C@H]2C[C@H]1O. The van der Waals surface area contributed by atoms with Crippen LogP contribution in [0.15, 0.2) is 23.8 Å². The molecule has 2 aliphatic carbocycles. The van der Waals surface area contributed by atoms with Crippen LogP contribution < -0.4 is 0 Å². The molecule has 3 rings (SSSR count). The Bertz CT molecular complexity index is 640. The van der Waals surface area contributed by atoms with Crippen molar-refractivity contribution < 1.29 is 14.9 Å². The first-order valence-electron chi connectivity index (χ1n) is 12.0. The first kappa shape index (κ1) is 23.5. The Balaban J connectivity index is 1.38. The highest BCUT2D eigenvalue weighted by molar-refractivity contribution is 5.21. The van der Waals surface area contributed by atoms with Crippen LogP contribution >= 0.6 is 0 Å². The first-order valence-corrected chi connectivity index (χ1v) is 12.0. The monoisotopic (exact) mass is 415 g/mol. The molecule has 2 N–H and O–H groups in total. The quantitative estimate of drug-likeness (QED) is 0.324. The smallest absolute Gasteiger partial charge is 0.0755 e. The molecule has 4 nitrogen and oxygen atoms in total. The molecule has 168 valence electrons. The summed E-state index contributed by atoms with van der Waals surface area (Å²) in [4.78, 5) is 2.52. The Morgan fingerprint density at radius 3 is 2.83 bits per heavy atom. The molecule has 0 spiro atoms. The van der Waals surface area contributed by atoms with Gasteiger partial charge in [-0.2, -0.15) is 0 Å². The zero-order valence-corrected chi connectivity index (χ0v) is 18.9. The van der Waals surface area contributed by atoms with Crippen molar-refractivity contribution in [1.29, 1.82) is 0 Å². The molecule has 2 fully saturated rings. The number of aliphatic hydroxyl groups excluding tert-OH is 2. The number of aliphatic hydroxyl groups is 2. The maximum absolute atomic E-state index is 10.5. The van der Waals surface area contributed by atoms with Gasteiger partial charge in [-0.3, -0.25) is 4.90 Å². The lowest BCUT2D eigenvalue weighted by molar-refractivity contribution is 0.0371. The number of ether oxygens (including phenoxy) is 1. The van der Waals surface area contributed by atoms with Crippen molar-refractivity contribution in [3.8, 4) is 11.8 Å². The number of morpholine rings is 1. The molecular formula is C26H41NO3. The Hall–Kier alpha value is -1.12. The summed E-state index contributed by atoms with van der Waals surface area (Å²) < 4.78 is 5.41. The number of rotatable bonds is 10. The summed E-state index contributed by atoms with van der Waals surface area (Å²) in [6, 6.07) is 0. The minimum absolute atomic E-state index is 0.123. The van der Waals surface area contributed by atoms with Gasteiger partial charge in [-0.15, -0.1) is 11.8 Å². The summed E-state index contributed by atoms with van der Waals surface area (Å²) in [5.41, 5.74) is 1.59. The van der Waals surface area contributed by atoms with Gasteiger partial charge >= 0.3 is 0 Å². The normalized spacial score (nSPS) is 31.3. The van der Waals surface area contributed by atoms with Gasteiger partial charge in [0.05, 0.1) is 25.4 Å². The van der Waals surface area contributed by atoms with Gasteiger partial charge in [0, 0.05) is 25.4 Å². The molecule has 1 saturated heterocycles. The summed E-state index contributed by atoms with van der Waals surface area (Å²) >= 11 is 0. The Labute approximate surface area is 183 Å². The summed E-state index contributed by atoms with van der Waals surface area (Å²) in [6.45, 7) is 9.02. The van der Waals surface area contributed by atoms with E-state index in [4.69, 9.17) is 4.74 Å². The van der Waals surface area contributed by atoms with E-state index in [-0.39, 0.29) is 17.9 Å². The fourth-order valence-corrected chi connectivity index (χ4v) is 5.30. The predicted octanol–water partition coefficient (Wildman–Crippen LogP) is 3.79. The number of fused-ring (bicyclic) bond motifs is 1. The van der Waals surface area contributed by atoms with E-state index in [0.717, 1.165) is 39.1 Å². The highest BCUT2D eigenvalue weighted by atomic mass is 16.5. The summed E-state index contributed by atoms with van der Waals surface area (Å²) in [5, 5.41) is 20.9. The van der Waals surface area contributed by atoms with Crippen LogP contribution in [0.25, 0.3) is 0 Å². The average molecular weight is 416 g/mol. The second-order valence-electron chi connectivity index (χ2n) is 9.49. The maximum Gasteiger partial charge on any atom is 0.0755 e. The number of hydrogen-bond donors (Lipinski definition) is 2. The van der Waals surface area contributed by atoms with Crippen molar-refractivity contribution in [2.45, 2.75) is 71.0 Å². The Morgan fingerprint density at radius 1 is 1.27 bits per heavy atom. The lowest BCUT2D eigenvalue weighted by atomic mass is 9.88. The van der Waals surface area contributed by atoms with Gasteiger partial charge in [0.2, 0.25) is 0 Å². The van der Waals surface area contributed by atoms with E-state index in [2.05, 4.69) is 28.9 Å². The lowest BCUT2D eigenvalue weighted by Gasteiger charge is -2.26. The molecule has 0 unspecified atom stereocenters. The van der Waals surface area contributed by atoms with E-state index in [0.29, 0.717) is 18.3 Å². The highest BCUT2D eigenvalue weighted by Gasteiger charge is 2.43. The average Bonchev–Trinajstić information content (AvgIpc) is 3.27. The fourth-order valence-electron chi connectivity index (χ4n) is 5.30. The van der Waals surface area contributed by atoms with Crippen molar-refractivity contribution in [1.82, 2.24) is 4.90 Å². The zero-order valence-electron chi connectivity index (χ0n) is 18.9. The molecule has 1 aliphatic heterocycles. The van der Waals surface area contributed by atoms with E-state index in [1.165, 1.54) is 32.2 Å². The van der Waals surface area contributed by atoms with Crippen molar-refractivity contribution in [3.63, 3.8) is 0 Å². The van der Waals surface area contributed by atoms with Crippen LogP contribution in [0.1, 0.15) is 58.8 Å². The lowest BCUT2D eigenvalue weighted by Crippen LogP contribution is -2.36. The first-order chi connectivity index (χ1) is 14.6. The molecule has 0 aromatic heterocycles. The van der Waals surface area contributed by atoms with Gasteiger partial charge in [-0.1, -0.05) is 37.1 Å². The van der Waals surface area contributed by atoms with Crippen LogP contribution in [-0.4, -0.2) is 60.2 Å². The second kappa shape index (κ2) is 12.1. The molecule has 3 aliphatic rings. The van der Waals surface area contributed by atoms with Crippen molar-refractivity contribution >= 4 is 0 Å². The van der Waals surface area contributed by atoms with Gasteiger partial charge in [0.1, 0.15) is 0 Å². The van der Waals surface area contributed by atoms with Gasteiger partial charge in [0.25, 0.3) is 0 Å². The van der Waals surface area contributed by atoms with E-state index in [1.807, 2.05) is 19.9 Å². The fraction of sp³-hybridized carbons (Fsp3) is 0.769. The number of hydrogen-bond acceptors (Lipinski definition) is 4. The van der Waals surface area contributed by atoms with Crippen LogP contribution in [0, 0.1) is 35.5 Å². The van der Waals surface area contributed by atoms with Crippen LogP contribution in [-0.2, 0) is 4.74 Å². The molecule has 1 heterocycles. The van der Waals surface area contributed by atoms with Crippen LogP contribution in [0.4, 0.5) is 0 Å². The molecule has 0 amide bonds. The maximum atomic E-state index is 10.5. The van der Waals surface area contributed by atoms with Crippen molar-refractivity contribution in [2.75, 3.05) is 32.8 Å². The van der Waals surface area contributed by atoms with Crippen LogP contribution in [0.2, 0.25) is 0 Å². The van der Waals surface area contributed by atoms with Gasteiger partial charge in [0.15, 0.2) is 0 Å². The molecule has 0 bridgehead atoms. The van der Waals surface area contributed by atoms with E-state index in [9.17, 15) is 10.2 Å². The molecule has 1 saturated carbocycles. The molecule has 4 heteroatoms. The Morgan fingerprint density at radius 2 is 2.07 bits per heavy atom. The number of nitrogens with zero attached hydrogens (tertiary/aromatic N) is 1. The third-order valence-corrected chi connectivity index (χ3v) is 7.24. The minimum Gasteiger partial charge on any atom is -0.392 e. The van der Waals surface area contributed by atoms with E-state index >= 15 is 0 Å². The van der Waals surface area contributed by atoms with Crippen molar-refractivity contribution in [2.24, 2.45) is 23.7 Å². The van der Waals surface area contributed by atoms with Crippen molar-refractivity contribution in [3.05, 3.63) is 23.8 Å². The molecule has 0 aromatic carbocycles. The topological polar surface area (TPSA) is 52.9 Å². The summed E-state index contributed by atoms with van der Waals surface area (Å²) in [6.07, 6.45) is 13.4. The zero-order chi connectivity index (χ0) is 21.3. The van der Waals surface area contributed by atoms with Gasteiger partial charge in [-0.25, -0.2) is 0 Å². The molecule has 0 radical (unpaired) electrons. The molecule has 6 atom stereocenters. The number of allylic oxidation sites excluding steroid dienone is 2. The second-order valence-corrected chi connectivity index (χ2v) is 9.49. The molecular weight excluding hydrogens is 374 g/mol. The third kappa shape index (κ3) is 6.69. The van der Waals surface area contributed by atoms with Crippen LogP contribution in [0.5, 0.6) is 0 Å². The predicted molar refractivity (Wildman–Crippen MR) is 122 cm³/mol. The largest absolute Gasteiger partial charge is 0.392 e. The minimum atomic E-state index is -0.489. The molecule has 0 aromatic rings. The highest BCUT2D eigenvalue weighted by Crippen LogP contribution is 2.48. The standard InChI is InChI=1S/C26H41NO3/c1-3-4-8-20(2)25(28)11-10-23-24-18-21(17-22(24)19-26(23)29)9-6-5-7-12-27-13-15-30-16-14-27/h10-11,17,20,22-26,28-29H,5-9,12-16,18-19H2,1-2H3/b11-10+/t20-,22+,23-,24+,25-,26-/m1/s1.